The average Bonchev–Trinajstić information content (AvgIpc) is 1.58. The van der Waals surface area contributed by atoms with Gasteiger partial charge in [0.2, 0.25) is 0 Å². The third kappa shape index (κ3) is 29.1. The first kappa shape index (κ1) is 114. The molecule has 0 bridgehead atoms. The van der Waals surface area contributed by atoms with Crippen LogP contribution in [0, 0.1) is 72.4 Å². The molecule has 0 saturated carbocycles. The van der Waals surface area contributed by atoms with E-state index in [2.05, 4.69) is 101 Å². The number of hydrogen-bond donors (Lipinski definition) is 1. The largest absolute Gasteiger partial charge is 0.392 e. The lowest BCUT2D eigenvalue weighted by Crippen LogP contribution is -2.06. The molecule has 0 radical (unpaired) electrons. The molecule has 7 nitrogen and oxygen atoms in total. The molecule has 0 spiro atoms. The summed E-state index contributed by atoms with van der Waals surface area (Å²) >= 11 is 16.6. The van der Waals surface area contributed by atoms with Gasteiger partial charge in [-0.15, -0.1) is 102 Å². The first-order chi connectivity index (χ1) is 71.4. The highest BCUT2D eigenvalue weighted by atomic mass is 32.2. The van der Waals surface area contributed by atoms with Crippen molar-refractivity contribution in [2.45, 2.75) is 410 Å². The molecule has 15 rings (SSSR count). The predicted octanol–water partition coefficient (Wildman–Crippen LogP) is 45.1. The number of aliphatic hydroxyl groups is 1. The lowest BCUT2D eigenvalue weighted by molar-refractivity contribution is 0.283. The Bertz CT molecular complexity index is 6550. The molecule has 12 aromatic heterocycles. The minimum Gasteiger partial charge on any atom is -0.392 e. The number of thiophene rings is 9. The van der Waals surface area contributed by atoms with Crippen LogP contribution in [0.4, 0.5) is 26.3 Å². The van der Waals surface area contributed by atoms with Crippen molar-refractivity contribution in [3.8, 4) is 111 Å². The van der Waals surface area contributed by atoms with Gasteiger partial charge in [0.15, 0.2) is 34.9 Å². The molecule has 146 heavy (non-hydrogen) atoms. The zero-order valence-electron chi connectivity index (χ0n) is 88.1. The second kappa shape index (κ2) is 58.3. The van der Waals surface area contributed by atoms with E-state index in [1.807, 2.05) is 48.6 Å². The van der Waals surface area contributed by atoms with E-state index in [1.54, 1.807) is 52.2 Å². The van der Waals surface area contributed by atoms with Gasteiger partial charge in [-0.1, -0.05) is 364 Å². The maximum absolute atomic E-state index is 19.1. The molecule has 3 aromatic carbocycles. The Labute approximate surface area is 915 Å². The van der Waals surface area contributed by atoms with Crippen molar-refractivity contribution in [2.24, 2.45) is 23.7 Å². The highest BCUT2D eigenvalue weighted by Gasteiger charge is 2.35. The van der Waals surface area contributed by atoms with Crippen LogP contribution in [0.25, 0.3) is 145 Å². The van der Waals surface area contributed by atoms with Crippen LogP contribution in [0.3, 0.4) is 0 Å². The average molecular weight is 2210 g/mol. The normalized spacial score (nSPS) is 12.9. The van der Waals surface area contributed by atoms with E-state index in [0.29, 0.717) is 70.2 Å². The summed E-state index contributed by atoms with van der Waals surface area (Å²) in [7, 11) is 0. The number of nitrogens with zero attached hydrogens (tertiary/aromatic N) is 6. The SMILES string of the molecule is CCCCCCCCC(CCCCCC)Cc1cc(-c2sc(-c3c(F)c(F)c(-c4cc(CC(CCCCCC)CCCCCCCC)c(-c5cc(CC(CCCCCC)CCCCCCCC)c(-c6ccc(-c7c(F)c(F)c(-c8ccc(-c9cc(CO)c(-c%10ccc(-c%11c(F)c(F)c(-c%12ccc(C)s%12)c%12nsnc%11%12)s%10)s9)s8)c8nsnc78)s6)s5)s4)c4nsnc34)cc2CC(CCCCCC)CCCCCCCC)sc1C. The molecule has 12 heterocycles. The summed E-state index contributed by atoms with van der Waals surface area (Å²) in [5.41, 5.74) is 8.23. The second-order valence-corrected chi connectivity index (χ2v) is 53.1. The first-order valence-corrected chi connectivity index (χ1v) is 65.5. The van der Waals surface area contributed by atoms with Gasteiger partial charge in [0.25, 0.3) is 0 Å². The fraction of sp³-hybridized carbons (Fsp3) is 0.554. The van der Waals surface area contributed by atoms with Crippen LogP contribution in [-0.4, -0.2) is 31.3 Å². The molecule has 0 amide bonds. The third-order valence-corrected chi connectivity index (χ3v) is 42.8. The zero-order chi connectivity index (χ0) is 102. The van der Waals surface area contributed by atoms with Crippen LogP contribution in [0.5, 0.6) is 0 Å². The van der Waals surface area contributed by atoms with Crippen molar-refractivity contribution in [1.82, 2.24) is 26.2 Å². The van der Waals surface area contributed by atoms with Crippen LogP contribution in [0.1, 0.15) is 401 Å². The zero-order valence-corrected chi connectivity index (χ0v) is 97.9. The number of unbranched alkanes of at least 4 members (excludes halogenated alkanes) is 32. The molecule has 4 atom stereocenters. The summed E-state index contributed by atoms with van der Waals surface area (Å²) in [5, 5.41) is 11.0. The molecule has 0 aliphatic heterocycles. The first-order valence-electron chi connectivity index (χ1n) is 55.9. The number of halogens is 6. The Hall–Kier alpha value is -6.04. The van der Waals surface area contributed by atoms with Gasteiger partial charge in [0.1, 0.15) is 33.1 Å². The minimum absolute atomic E-state index is 0.0219. The smallest absolute Gasteiger partial charge is 0.170 e. The Balaban J connectivity index is 0.810. The molecular formula is C121H154F6N6OS12. The van der Waals surface area contributed by atoms with Gasteiger partial charge in [-0.3, -0.25) is 0 Å². The standard InChI is InChI=1S/C121H154F6N6OS12/c1-11-19-27-35-39-47-55-79(51-43-31-23-15-5)67-83-71-98(136-78(83)10)119-84(68-80(52-44-32-24-16-6)56-48-40-36-28-20-12-2)72-96(141-119)104-110(126)111(127)105(117-116(104)132-146-133-117)97-73-85(69-81(53-45-33-25-17-7)57-49-41-37-29-21-13-3)120(142-97)99-74-86(70-82(54-46-34-26-18-8)58-50-42-38-30-22-14-4)118(143-99)93-65-63-91(138-93)102-109(125)107(123)101(113-115(102)131-145-129-113)90-62-61-88(137-90)95-75-87(76-134)121(140-95)94-66-64-92(139-94)103-108(124)106(122)100(89-60-59-77(9)135-89)112-114(103)130-144-128-112/h59-66,71-75,79-82,134H,11-58,67-70,76H2,1-10H3. The molecule has 0 fully saturated rings. The van der Waals surface area contributed by atoms with Crippen LogP contribution in [0.15, 0.2) is 78.9 Å². The summed E-state index contributed by atoms with van der Waals surface area (Å²) in [6.45, 7) is 22.3. The van der Waals surface area contributed by atoms with Gasteiger partial charge in [0, 0.05) is 82.9 Å². The second-order valence-electron chi connectivity index (χ2n) is 41.5. The number of aromatic nitrogens is 6. The lowest BCUT2D eigenvalue weighted by Gasteiger charge is -2.18. The van der Waals surface area contributed by atoms with E-state index in [9.17, 15) is 5.11 Å². The number of benzene rings is 3. The van der Waals surface area contributed by atoms with E-state index < -0.39 is 34.9 Å². The fourth-order valence-corrected chi connectivity index (χ4v) is 34.2. The molecule has 15 aromatic rings. The van der Waals surface area contributed by atoms with Gasteiger partial charge in [-0.25, -0.2) is 26.3 Å². The molecule has 788 valence electrons. The maximum atomic E-state index is 19.1. The van der Waals surface area contributed by atoms with Crippen molar-refractivity contribution < 1.29 is 31.4 Å². The van der Waals surface area contributed by atoms with Crippen molar-refractivity contribution in [3.05, 3.63) is 151 Å². The highest BCUT2D eigenvalue weighted by molar-refractivity contribution is 7.29. The number of aliphatic hydroxyl groups excluding tert-OH is 1. The van der Waals surface area contributed by atoms with Crippen molar-refractivity contribution in [1.29, 1.82) is 0 Å². The monoisotopic (exact) mass is 2200 g/mol. The Morgan fingerprint density at radius 1 is 0.219 bits per heavy atom. The van der Waals surface area contributed by atoms with Crippen LogP contribution < -0.4 is 0 Å². The maximum Gasteiger partial charge on any atom is 0.170 e. The van der Waals surface area contributed by atoms with Crippen molar-refractivity contribution >= 4 is 170 Å². The Kier molecular flexibility index (Phi) is 45.5. The highest BCUT2D eigenvalue weighted by Crippen LogP contribution is 2.56. The van der Waals surface area contributed by atoms with Gasteiger partial charge in [-0.2, -0.15) is 26.2 Å². The van der Waals surface area contributed by atoms with Crippen molar-refractivity contribution in [3.63, 3.8) is 0 Å². The number of aryl methyl sites for hydroxylation is 2. The molecule has 25 heteroatoms. The van der Waals surface area contributed by atoms with E-state index in [4.69, 9.17) is 17.5 Å². The molecular weight excluding hydrogens is 2050 g/mol. The summed E-state index contributed by atoms with van der Waals surface area (Å²) < 4.78 is 136. The van der Waals surface area contributed by atoms with Gasteiger partial charge in [0.05, 0.1) is 80.0 Å². The Morgan fingerprint density at radius 2 is 0.438 bits per heavy atom. The summed E-state index contributed by atoms with van der Waals surface area (Å²) in [4.78, 5) is 15.3. The summed E-state index contributed by atoms with van der Waals surface area (Å²) in [6, 6.07) is 26.2. The van der Waals surface area contributed by atoms with Crippen LogP contribution in [0.2, 0.25) is 0 Å². The van der Waals surface area contributed by atoms with Crippen LogP contribution in [-0.2, 0) is 32.3 Å². The van der Waals surface area contributed by atoms with Gasteiger partial charge >= 0.3 is 0 Å². The molecule has 0 aliphatic rings. The predicted molar refractivity (Wildman–Crippen MR) is 631 cm³/mol. The van der Waals surface area contributed by atoms with Gasteiger partial charge < -0.3 is 5.11 Å². The fourth-order valence-electron chi connectivity index (χ4n) is 21.9. The summed E-state index contributed by atoms with van der Waals surface area (Å²) in [6.07, 6.45) is 61.8. The number of fused-ring (bicyclic) bond motifs is 3. The van der Waals surface area contributed by atoms with E-state index in [0.717, 1.165) is 192 Å². The van der Waals surface area contributed by atoms with E-state index in [-0.39, 0.29) is 56.5 Å². The quantitative estimate of drug-likeness (QED) is 0.0300. The summed E-state index contributed by atoms with van der Waals surface area (Å²) in [5.74, 6) is -3.91. The molecule has 0 aliphatic carbocycles. The molecule has 0 saturated heterocycles. The molecule has 4 unspecified atom stereocenters. The van der Waals surface area contributed by atoms with Crippen molar-refractivity contribution in [2.75, 3.05) is 0 Å². The number of rotatable bonds is 68. The number of hydrogen-bond acceptors (Lipinski definition) is 19. The topological polar surface area (TPSA) is 97.6 Å². The lowest BCUT2D eigenvalue weighted by atomic mass is 9.88. The van der Waals surface area contributed by atoms with E-state index in [1.165, 1.54) is 319 Å². The Morgan fingerprint density at radius 3 is 0.753 bits per heavy atom. The van der Waals surface area contributed by atoms with E-state index >= 15 is 26.3 Å². The van der Waals surface area contributed by atoms with Crippen LogP contribution >= 0.6 is 137 Å². The van der Waals surface area contributed by atoms with Gasteiger partial charge in [-0.05, 0) is 170 Å². The molecule has 1 N–H and O–H groups in total. The minimum atomic E-state index is -1.02. The third-order valence-electron chi connectivity index (χ3n) is 30.1.